The summed E-state index contributed by atoms with van der Waals surface area (Å²) in [5, 5.41) is 1.41. The van der Waals surface area contributed by atoms with Crippen LogP contribution in [0.2, 0.25) is 0 Å². The fourth-order valence-electron chi connectivity index (χ4n) is 1.81. The van der Waals surface area contributed by atoms with E-state index in [1.807, 2.05) is 0 Å². The van der Waals surface area contributed by atoms with Gasteiger partial charge in [0.2, 0.25) is 0 Å². The van der Waals surface area contributed by atoms with E-state index in [1.165, 1.54) is 5.30 Å². The molecule has 1 aromatic rings. The Bertz CT molecular complexity index is 441. The summed E-state index contributed by atoms with van der Waals surface area (Å²) in [6.07, 6.45) is 6.40. The standard InChI is InChI=1S/C13H16NP/c1-14(2)15(11-7-4-8-12-15)13-9-5-3-6-10-13/h3-12H,1-2H3. The third kappa shape index (κ3) is 1.86. The van der Waals surface area contributed by atoms with Gasteiger partial charge in [-0.15, -0.1) is 0 Å². The largest absolute Gasteiger partial charge is 0.283 e. The highest BCUT2D eigenvalue weighted by atomic mass is 31.2. The first-order chi connectivity index (χ1) is 7.26. The van der Waals surface area contributed by atoms with E-state index in [0.29, 0.717) is 0 Å². The van der Waals surface area contributed by atoms with Gasteiger partial charge in [-0.3, -0.25) is 4.67 Å². The molecule has 0 saturated heterocycles. The van der Waals surface area contributed by atoms with Crippen LogP contribution in [0.4, 0.5) is 0 Å². The molecule has 0 N–H and O–H groups in total. The molecule has 0 bridgehead atoms. The maximum atomic E-state index is 2.34. The summed E-state index contributed by atoms with van der Waals surface area (Å²) in [5.74, 6) is 4.67. The van der Waals surface area contributed by atoms with Gasteiger partial charge in [0, 0.05) is 7.04 Å². The Morgan fingerprint density at radius 3 is 2.20 bits per heavy atom. The molecule has 0 fully saturated rings. The van der Waals surface area contributed by atoms with Crippen LogP contribution in [0.25, 0.3) is 0 Å². The normalized spacial score (nSPS) is 24.2. The van der Waals surface area contributed by atoms with Crippen molar-refractivity contribution in [3.05, 3.63) is 54.4 Å². The van der Waals surface area contributed by atoms with E-state index < -0.39 is 7.04 Å². The van der Waals surface area contributed by atoms with Gasteiger partial charge in [0.25, 0.3) is 0 Å². The Kier molecular flexibility index (Phi) is 2.95. The van der Waals surface area contributed by atoms with Gasteiger partial charge in [0.15, 0.2) is 0 Å². The van der Waals surface area contributed by atoms with Gasteiger partial charge in [0.05, 0.1) is 0 Å². The van der Waals surface area contributed by atoms with Crippen LogP contribution in [-0.4, -0.2) is 24.6 Å². The Morgan fingerprint density at radius 2 is 1.67 bits per heavy atom. The van der Waals surface area contributed by atoms with Crippen molar-refractivity contribution in [1.82, 2.24) is 4.67 Å². The van der Waals surface area contributed by atoms with Crippen molar-refractivity contribution < 1.29 is 0 Å². The zero-order valence-corrected chi connectivity index (χ0v) is 10.1. The lowest BCUT2D eigenvalue weighted by Crippen LogP contribution is -2.19. The van der Waals surface area contributed by atoms with E-state index >= 15 is 0 Å². The van der Waals surface area contributed by atoms with Crippen molar-refractivity contribution in [1.29, 1.82) is 0 Å². The first-order valence-corrected chi connectivity index (χ1v) is 6.96. The molecule has 2 rings (SSSR count). The van der Waals surface area contributed by atoms with Crippen molar-refractivity contribution in [2.24, 2.45) is 0 Å². The summed E-state index contributed by atoms with van der Waals surface area (Å²) in [6, 6.07) is 10.7. The molecule has 0 aromatic heterocycles. The Balaban J connectivity index is 2.60. The molecule has 1 aliphatic heterocycles. The monoisotopic (exact) mass is 217 g/mol. The van der Waals surface area contributed by atoms with Crippen molar-refractivity contribution in [3.8, 4) is 0 Å². The molecule has 0 saturated carbocycles. The maximum absolute atomic E-state index is 2.34. The van der Waals surface area contributed by atoms with E-state index in [4.69, 9.17) is 0 Å². The SMILES string of the molecule is CN(C)P1(c2ccccc2)=CC=CC=C1. The van der Waals surface area contributed by atoms with Gasteiger partial charge in [-0.05, 0) is 31.0 Å². The van der Waals surface area contributed by atoms with Crippen LogP contribution < -0.4 is 5.30 Å². The zero-order chi connectivity index (χ0) is 10.7. The summed E-state index contributed by atoms with van der Waals surface area (Å²) in [5.41, 5.74) is 0. The van der Waals surface area contributed by atoms with Crippen LogP contribution in [-0.2, 0) is 0 Å². The number of hydrogen-bond donors (Lipinski definition) is 0. The Morgan fingerprint density at radius 1 is 0.933 bits per heavy atom. The molecular formula is C13H16NP. The fraction of sp³-hybridized carbons (Fsp3) is 0.154. The highest BCUT2D eigenvalue weighted by Crippen LogP contribution is 2.50. The first kappa shape index (κ1) is 10.5. The quantitative estimate of drug-likeness (QED) is 0.688. The molecule has 0 spiro atoms. The Labute approximate surface area is 91.8 Å². The molecule has 1 heterocycles. The minimum Gasteiger partial charge on any atom is -0.283 e. The van der Waals surface area contributed by atoms with Gasteiger partial charge in [-0.1, -0.05) is 48.6 Å². The highest BCUT2D eigenvalue weighted by Gasteiger charge is 2.18. The van der Waals surface area contributed by atoms with Gasteiger partial charge in [-0.2, -0.15) is 0 Å². The maximum Gasteiger partial charge on any atom is 0.00201 e. The number of nitrogens with zero attached hydrogens (tertiary/aromatic N) is 1. The van der Waals surface area contributed by atoms with Crippen LogP contribution in [0.15, 0.2) is 54.4 Å². The van der Waals surface area contributed by atoms with Gasteiger partial charge >= 0.3 is 0 Å². The number of allylic oxidation sites excluding steroid dienone is 3. The summed E-state index contributed by atoms with van der Waals surface area (Å²) in [4.78, 5) is 0. The van der Waals surface area contributed by atoms with Gasteiger partial charge < -0.3 is 0 Å². The van der Waals surface area contributed by atoms with Gasteiger partial charge in [0.1, 0.15) is 0 Å². The fourth-order valence-corrected chi connectivity index (χ4v) is 4.62. The molecular weight excluding hydrogens is 201 g/mol. The lowest BCUT2D eigenvalue weighted by atomic mass is 10.4. The molecule has 1 atom stereocenters. The van der Waals surface area contributed by atoms with Crippen LogP contribution in [0, 0.1) is 0 Å². The number of rotatable bonds is 2. The minimum atomic E-state index is -1.37. The lowest BCUT2D eigenvalue weighted by molar-refractivity contribution is 0.686. The second-order valence-electron chi connectivity index (χ2n) is 3.80. The van der Waals surface area contributed by atoms with Crippen LogP contribution in [0.5, 0.6) is 0 Å². The van der Waals surface area contributed by atoms with E-state index in [1.54, 1.807) is 0 Å². The first-order valence-electron chi connectivity index (χ1n) is 5.08. The van der Waals surface area contributed by atoms with Crippen molar-refractivity contribution in [2.45, 2.75) is 0 Å². The van der Waals surface area contributed by atoms with Crippen LogP contribution in [0.1, 0.15) is 0 Å². The van der Waals surface area contributed by atoms with Crippen molar-refractivity contribution in [3.63, 3.8) is 0 Å². The summed E-state index contributed by atoms with van der Waals surface area (Å²) >= 11 is 0. The Hall–Kier alpha value is -1.04. The third-order valence-electron chi connectivity index (χ3n) is 2.68. The molecule has 2 heteroatoms. The van der Waals surface area contributed by atoms with Crippen LogP contribution in [0.3, 0.4) is 0 Å². The summed E-state index contributed by atoms with van der Waals surface area (Å²) in [7, 11) is 2.93. The van der Waals surface area contributed by atoms with E-state index in [2.05, 4.69) is 78.9 Å². The predicted octanol–water partition coefficient (Wildman–Crippen LogP) is 2.69. The molecule has 0 aliphatic carbocycles. The topological polar surface area (TPSA) is 3.24 Å². The van der Waals surface area contributed by atoms with Crippen molar-refractivity contribution in [2.75, 3.05) is 14.1 Å². The minimum absolute atomic E-state index is 1.37. The van der Waals surface area contributed by atoms with E-state index in [0.717, 1.165) is 0 Å². The smallest absolute Gasteiger partial charge is 0.00201 e. The summed E-state index contributed by atoms with van der Waals surface area (Å²) in [6.45, 7) is 0. The van der Waals surface area contributed by atoms with Gasteiger partial charge in [-0.25, -0.2) is 0 Å². The highest BCUT2D eigenvalue weighted by molar-refractivity contribution is 7.82. The molecule has 1 nitrogen and oxygen atoms in total. The van der Waals surface area contributed by atoms with E-state index in [9.17, 15) is 0 Å². The average Bonchev–Trinajstić information content (AvgIpc) is 2.31. The molecule has 0 radical (unpaired) electrons. The molecule has 15 heavy (non-hydrogen) atoms. The van der Waals surface area contributed by atoms with Crippen LogP contribution >= 0.6 is 7.04 Å². The second-order valence-corrected chi connectivity index (χ2v) is 7.19. The predicted molar refractivity (Wildman–Crippen MR) is 71.0 cm³/mol. The van der Waals surface area contributed by atoms with E-state index in [-0.39, 0.29) is 0 Å². The third-order valence-corrected chi connectivity index (χ3v) is 6.38. The molecule has 1 aliphatic rings. The molecule has 0 amide bonds. The summed E-state index contributed by atoms with van der Waals surface area (Å²) < 4.78 is 2.34. The number of hydrogen-bond acceptors (Lipinski definition) is 1. The van der Waals surface area contributed by atoms with Crippen molar-refractivity contribution >= 4 is 18.1 Å². The number of benzene rings is 1. The zero-order valence-electron chi connectivity index (χ0n) is 9.17. The second kappa shape index (κ2) is 4.22. The lowest BCUT2D eigenvalue weighted by Gasteiger charge is -2.31. The average molecular weight is 217 g/mol. The molecule has 1 unspecified atom stereocenters. The molecule has 78 valence electrons. The molecule has 1 aromatic carbocycles.